The average Bonchev–Trinajstić information content (AvgIpc) is 3.15. The lowest BCUT2D eigenvalue weighted by atomic mass is 10.2. The summed E-state index contributed by atoms with van der Waals surface area (Å²) < 4.78 is 6.74. The second-order valence-electron chi connectivity index (χ2n) is 4.30. The van der Waals surface area contributed by atoms with E-state index >= 15 is 0 Å². The number of aromatic nitrogens is 3. The van der Waals surface area contributed by atoms with Crippen LogP contribution in [0.4, 0.5) is 0 Å². The molecule has 104 valence electrons. The highest BCUT2D eigenvalue weighted by Crippen LogP contribution is 2.26. The normalized spacial score (nSPS) is 11.1. The minimum atomic E-state index is -0.160. The van der Waals surface area contributed by atoms with Gasteiger partial charge in [-0.25, -0.2) is 4.98 Å². The summed E-state index contributed by atoms with van der Waals surface area (Å²) >= 11 is 3.20. The fraction of sp³-hybridized carbons (Fsp3) is 0.308. The Kier molecular flexibility index (Phi) is 3.79. The number of hydrogen-bond donors (Lipinski definition) is 0. The van der Waals surface area contributed by atoms with Gasteiger partial charge in [-0.15, -0.1) is 22.7 Å². The van der Waals surface area contributed by atoms with Gasteiger partial charge >= 0.3 is 5.97 Å². The summed E-state index contributed by atoms with van der Waals surface area (Å²) in [5.41, 5.74) is 3.94. The van der Waals surface area contributed by atoms with E-state index in [-0.39, 0.29) is 5.97 Å². The largest absolute Gasteiger partial charge is 0.469 e. The molecule has 0 saturated heterocycles. The molecule has 3 aromatic rings. The van der Waals surface area contributed by atoms with Crippen molar-refractivity contribution in [2.75, 3.05) is 7.11 Å². The van der Waals surface area contributed by atoms with Crippen LogP contribution in [-0.2, 0) is 16.0 Å². The van der Waals surface area contributed by atoms with Crippen LogP contribution in [0, 0.1) is 0 Å². The topological polar surface area (TPSA) is 56.5 Å². The van der Waals surface area contributed by atoms with Gasteiger partial charge in [0.05, 0.1) is 17.5 Å². The fourth-order valence-electron chi connectivity index (χ4n) is 1.99. The van der Waals surface area contributed by atoms with Crippen LogP contribution in [0.5, 0.6) is 0 Å². The van der Waals surface area contributed by atoms with E-state index in [0.717, 1.165) is 28.4 Å². The Hall–Kier alpha value is -1.73. The van der Waals surface area contributed by atoms with Crippen LogP contribution in [0.2, 0.25) is 0 Å². The lowest BCUT2D eigenvalue weighted by Crippen LogP contribution is -2.01. The molecule has 0 aliphatic carbocycles. The van der Waals surface area contributed by atoms with Crippen LogP contribution in [0.3, 0.4) is 0 Å². The summed E-state index contributed by atoms with van der Waals surface area (Å²) in [5.74, 6) is -0.160. The molecular formula is C13H13N3O2S2. The van der Waals surface area contributed by atoms with Crippen LogP contribution in [0.15, 0.2) is 23.3 Å². The molecule has 0 saturated carbocycles. The monoisotopic (exact) mass is 307 g/mol. The van der Waals surface area contributed by atoms with Crippen LogP contribution in [-0.4, -0.2) is 27.4 Å². The van der Waals surface area contributed by atoms with Crippen LogP contribution in [0.1, 0.15) is 18.5 Å². The van der Waals surface area contributed by atoms with Crippen LogP contribution < -0.4 is 0 Å². The Morgan fingerprint density at radius 1 is 1.45 bits per heavy atom. The van der Waals surface area contributed by atoms with Crippen molar-refractivity contribution >= 4 is 33.6 Å². The molecule has 0 unspecified atom stereocenters. The first-order valence-corrected chi connectivity index (χ1v) is 7.95. The van der Waals surface area contributed by atoms with Gasteiger partial charge in [0.25, 0.3) is 0 Å². The van der Waals surface area contributed by atoms with E-state index in [9.17, 15) is 4.79 Å². The quantitative estimate of drug-likeness (QED) is 0.680. The number of thiazole rings is 2. The van der Waals surface area contributed by atoms with Crippen molar-refractivity contribution in [2.24, 2.45) is 0 Å². The van der Waals surface area contributed by atoms with Crippen molar-refractivity contribution in [1.29, 1.82) is 0 Å². The minimum Gasteiger partial charge on any atom is -0.469 e. The zero-order valence-corrected chi connectivity index (χ0v) is 12.5. The molecule has 0 atom stereocenters. The SMILES string of the molecule is COC(=O)CCCc1csc2nc(-c3cncs3)cn12. The van der Waals surface area contributed by atoms with Gasteiger partial charge in [0.1, 0.15) is 5.69 Å². The van der Waals surface area contributed by atoms with Gasteiger partial charge in [-0.1, -0.05) is 0 Å². The molecule has 3 rings (SSSR count). The van der Waals surface area contributed by atoms with E-state index in [2.05, 4.69) is 24.5 Å². The third kappa shape index (κ3) is 2.59. The Labute approximate surface area is 123 Å². The van der Waals surface area contributed by atoms with Gasteiger partial charge < -0.3 is 4.74 Å². The smallest absolute Gasteiger partial charge is 0.305 e. The average molecular weight is 307 g/mol. The number of imidazole rings is 1. The van der Waals surface area contributed by atoms with Gasteiger partial charge in [0.2, 0.25) is 0 Å². The van der Waals surface area contributed by atoms with Crippen LogP contribution in [0.25, 0.3) is 15.5 Å². The minimum absolute atomic E-state index is 0.160. The molecule has 0 amide bonds. The molecule has 0 radical (unpaired) electrons. The number of carbonyl (C=O) groups excluding carboxylic acids is 1. The molecule has 0 aliphatic heterocycles. The first-order valence-electron chi connectivity index (χ1n) is 6.19. The molecule has 0 spiro atoms. The van der Waals surface area contributed by atoms with Gasteiger partial charge in [0, 0.05) is 29.9 Å². The van der Waals surface area contributed by atoms with Gasteiger partial charge in [0.15, 0.2) is 4.96 Å². The number of nitrogens with zero attached hydrogens (tertiary/aromatic N) is 3. The maximum absolute atomic E-state index is 11.1. The van der Waals surface area contributed by atoms with E-state index in [1.165, 1.54) is 12.8 Å². The van der Waals surface area contributed by atoms with Gasteiger partial charge in [-0.3, -0.25) is 14.2 Å². The predicted octanol–water partition coefficient (Wildman–Crippen LogP) is 3.02. The third-order valence-corrected chi connectivity index (χ3v) is 4.69. The molecule has 20 heavy (non-hydrogen) atoms. The lowest BCUT2D eigenvalue weighted by molar-refractivity contribution is -0.140. The van der Waals surface area contributed by atoms with Crippen molar-refractivity contribution in [3.8, 4) is 10.6 Å². The Morgan fingerprint density at radius 3 is 3.10 bits per heavy atom. The van der Waals surface area contributed by atoms with Crippen LogP contribution >= 0.6 is 22.7 Å². The molecule has 0 aromatic carbocycles. The van der Waals surface area contributed by atoms with E-state index in [1.54, 1.807) is 28.2 Å². The van der Waals surface area contributed by atoms with Gasteiger partial charge in [-0.05, 0) is 12.8 Å². The number of methoxy groups -OCH3 is 1. The number of rotatable bonds is 5. The lowest BCUT2D eigenvalue weighted by Gasteiger charge is -1.99. The summed E-state index contributed by atoms with van der Waals surface area (Å²) in [6.07, 6.45) is 5.94. The highest BCUT2D eigenvalue weighted by molar-refractivity contribution is 7.15. The molecule has 0 N–H and O–H groups in total. The van der Waals surface area contributed by atoms with Crippen molar-refractivity contribution in [3.63, 3.8) is 0 Å². The standard InChI is InChI=1S/C13H13N3O2S2/c1-18-12(17)4-2-3-9-7-19-13-15-10(6-16(9)13)11-5-14-8-20-11/h5-8H,2-4H2,1H3. The zero-order chi connectivity index (χ0) is 13.9. The summed E-state index contributed by atoms with van der Waals surface area (Å²) in [7, 11) is 1.42. The highest BCUT2D eigenvalue weighted by Gasteiger charge is 2.11. The highest BCUT2D eigenvalue weighted by atomic mass is 32.1. The van der Waals surface area contributed by atoms with E-state index in [1.807, 2.05) is 12.4 Å². The molecule has 0 fully saturated rings. The van der Waals surface area contributed by atoms with Crippen molar-refractivity contribution in [2.45, 2.75) is 19.3 Å². The molecular weight excluding hydrogens is 294 g/mol. The summed E-state index contributed by atoms with van der Waals surface area (Å²) in [6, 6.07) is 0. The zero-order valence-electron chi connectivity index (χ0n) is 10.9. The molecule has 7 heteroatoms. The fourth-order valence-corrected chi connectivity index (χ4v) is 3.47. The third-order valence-electron chi connectivity index (χ3n) is 3.01. The Morgan fingerprint density at radius 2 is 2.35 bits per heavy atom. The molecule has 5 nitrogen and oxygen atoms in total. The number of hydrogen-bond acceptors (Lipinski definition) is 6. The predicted molar refractivity (Wildman–Crippen MR) is 79.1 cm³/mol. The first kappa shape index (κ1) is 13.3. The molecule has 3 heterocycles. The van der Waals surface area contributed by atoms with Crippen molar-refractivity contribution in [1.82, 2.24) is 14.4 Å². The number of carbonyl (C=O) groups is 1. The number of fused-ring (bicyclic) bond motifs is 1. The maximum atomic E-state index is 11.1. The second-order valence-corrected chi connectivity index (χ2v) is 6.02. The van der Waals surface area contributed by atoms with E-state index in [4.69, 9.17) is 0 Å². The molecule has 0 aliphatic rings. The Bertz CT molecular complexity index is 715. The second kappa shape index (κ2) is 5.72. The number of ether oxygens (including phenoxy) is 1. The van der Waals surface area contributed by atoms with E-state index < -0.39 is 0 Å². The molecule has 0 bridgehead atoms. The summed E-state index contributed by atoms with van der Waals surface area (Å²) in [5, 5.41) is 2.09. The summed E-state index contributed by atoms with van der Waals surface area (Å²) in [4.78, 5) is 21.8. The maximum Gasteiger partial charge on any atom is 0.305 e. The van der Waals surface area contributed by atoms with E-state index in [0.29, 0.717) is 6.42 Å². The number of aryl methyl sites for hydroxylation is 1. The molecule has 3 aromatic heterocycles. The van der Waals surface area contributed by atoms with Crippen molar-refractivity contribution in [3.05, 3.63) is 29.0 Å². The first-order chi connectivity index (χ1) is 9.78. The van der Waals surface area contributed by atoms with Gasteiger partial charge in [-0.2, -0.15) is 0 Å². The number of esters is 1. The Balaban J connectivity index is 1.77. The van der Waals surface area contributed by atoms with Crippen molar-refractivity contribution < 1.29 is 9.53 Å². The summed E-state index contributed by atoms with van der Waals surface area (Å²) in [6.45, 7) is 0.